The Hall–Kier alpha value is -4.78. The summed E-state index contributed by atoms with van der Waals surface area (Å²) in [5.41, 5.74) is 16.2. The number of aromatic nitrogens is 2. The van der Waals surface area contributed by atoms with E-state index >= 15 is 0 Å². The molecule has 0 atom stereocenters. The van der Waals surface area contributed by atoms with Crippen LogP contribution in [0.5, 0.6) is 0 Å². The van der Waals surface area contributed by atoms with Gasteiger partial charge in [-0.3, -0.25) is 20.0 Å². The Labute approximate surface area is 333 Å². The number of hydrogen-bond acceptors (Lipinski definition) is 6. The molecule has 2 aliphatic heterocycles. The second-order valence-corrected chi connectivity index (χ2v) is 20.7. The van der Waals surface area contributed by atoms with Crippen LogP contribution in [0.1, 0.15) is 88.8 Å². The van der Waals surface area contributed by atoms with Crippen molar-refractivity contribution in [1.82, 2.24) is 9.97 Å². The summed E-state index contributed by atoms with van der Waals surface area (Å²) in [6, 6.07) is 36.7. The molecule has 4 aromatic carbocycles. The Morgan fingerprint density at radius 1 is 0.382 bits per heavy atom. The normalized spacial score (nSPS) is 19.7. The second-order valence-electron chi connectivity index (χ2n) is 17.5. The molecule has 6 aromatic rings. The highest BCUT2D eigenvalue weighted by Crippen LogP contribution is 2.63. The van der Waals surface area contributed by atoms with Gasteiger partial charge in [-0.15, -0.1) is 0 Å². The van der Waals surface area contributed by atoms with E-state index < -0.39 is 5.41 Å². The summed E-state index contributed by atoms with van der Waals surface area (Å²) in [4.78, 5) is 19.9. The Morgan fingerprint density at radius 2 is 0.764 bits per heavy atom. The lowest BCUT2D eigenvalue weighted by molar-refractivity contribution is 0.426. The fourth-order valence-corrected chi connectivity index (χ4v) is 11.3. The summed E-state index contributed by atoms with van der Waals surface area (Å²) in [6.45, 7) is 18.0. The molecule has 55 heavy (non-hydrogen) atoms. The second kappa shape index (κ2) is 11.6. The zero-order valence-corrected chi connectivity index (χ0v) is 34.3. The summed E-state index contributed by atoms with van der Waals surface area (Å²) in [5.74, 6) is 0. The minimum Gasteiger partial charge on any atom is -0.270 e. The van der Waals surface area contributed by atoms with Crippen molar-refractivity contribution < 1.29 is 0 Å². The van der Waals surface area contributed by atoms with Gasteiger partial charge in [0.15, 0.2) is 0 Å². The molecule has 10 rings (SSSR count). The zero-order valence-electron chi connectivity index (χ0n) is 32.7. The van der Waals surface area contributed by atoms with Gasteiger partial charge in [-0.05, 0) is 135 Å². The molecule has 4 heterocycles. The number of fused-ring (bicyclic) bond motifs is 10. The number of aliphatic imine (C=N–C) groups is 2. The van der Waals surface area contributed by atoms with Crippen molar-refractivity contribution in [3.8, 4) is 44.5 Å². The summed E-state index contributed by atoms with van der Waals surface area (Å²) in [5, 5.41) is 2.12. The number of rotatable bonds is 4. The molecule has 4 nitrogen and oxygen atoms in total. The van der Waals surface area contributed by atoms with Gasteiger partial charge in [0.1, 0.15) is 10.1 Å². The highest BCUT2D eigenvalue weighted by Gasteiger charge is 2.52. The number of hydrogen-bond donors (Lipinski definition) is 0. The van der Waals surface area contributed by atoms with Gasteiger partial charge in [0.25, 0.3) is 0 Å². The van der Waals surface area contributed by atoms with Crippen molar-refractivity contribution >= 4 is 33.6 Å². The highest BCUT2D eigenvalue weighted by atomic mass is 32.2. The molecular weight excluding hydrogens is 709 g/mol. The summed E-state index contributed by atoms with van der Waals surface area (Å²) in [6.07, 6.45) is 7.93. The number of benzene rings is 4. The first-order valence-electron chi connectivity index (χ1n) is 19.2. The van der Waals surface area contributed by atoms with Crippen LogP contribution >= 0.6 is 23.5 Å². The third kappa shape index (κ3) is 4.93. The fraction of sp³-hybridized carbons (Fsp3) is 0.265. The van der Waals surface area contributed by atoms with Crippen molar-refractivity contribution in [2.45, 2.75) is 81.4 Å². The molecule has 0 bridgehead atoms. The van der Waals surface area contributed by atoms with E-state index in [0.717, 1.165) is 43.5 Å². The van der Waals surface area contributed by atoms with E-state index in [0.29, 0.717) is 0 Å². The van der Waals surface area contributed by atoms with Crippen molar-refractivity contribution in [2.24, 2.45) is 9.98 Å². The van der Waals surface area contributed by atoms with Crippen LogP contribution in [0.25, 0.3) is 44.5 Å². The summed E-state index contributed by atoms with van der Waals surface area (Å²) >= 11 is 3.70. The van der Waals surface area contributed by atoms with Crippen LogP contribution in [-0.2, 0) is 5.41 Å². The highest BCUT2D eigenvalue weighted by molar-refractivity contribution is 8.16. The van der Waals surface area contributed by atoms with Crippen LogP contribution in [0.4, 0.5) is 0 Å². The third-order valence-electron chi connectivity index (χ3n) is 13.1. The molecule has 2 aliphatic carbocycles. The van der Waals surface area contributed by atoms with Gasteiger partial charge in [-0.25, -0.2) is 0 Å². The smallest absolute Gasteiger partial charge is 0.101 e. The van der Waals surface area contributed by atoms with E-state index in [4.69, 9.17) is 20.0 Å². The molecule has 0 saturated heterocycles. The quantitative estimate of drug-likeness (QED) is 0.180. The summed E-state index contributed by atoms with van der Waals surface area (Å²) < 4.78 is 0.00204. The molecule has 0 radical (unpaired) electrons. The standard InChI is InChI=1S/C49H44N4S2/c1-45(2)47(5,6)54-43(52-45)33-21-31(25-50-27-33)29-17-19-37-38-20-18-30(32-22-34(28-51-26-32)44-53-46(3,4)48(7,8)55-44)24-42(38)49(41(37)23-29)39-15-11-9-13-35(39)36-14-10-12-16-40(36)49/h9-28H,1-8H3. The largest absolute Gasteiger partial charge is 0.270 e. The van der Waals surface area contributed by atoms with Crippen molar-refractivity contribution in [3.63, 3.8) is 0 Å². The van der Waals surface area contributed by atoms with E-state index in [1.54, 1.807) is 0 Å². The van der Waals surface area contributed by atoms with Gasteiger partial charge in [0.2, 0.25) is 0 Å². The zero-order chi connectivity index (χ0) is 38.1. The Kier molecular flexibility index (Phi) is 7.33. The molecule has 0 unspecified atom stereocenters. The monoisotopic (exact) mass is 752 g/mol. The minimum atomic E-state index is -0.487. The maximum absolute atomic E-state index is 5.17. The van der Waals surface area contributed by atoms with Crippen molar-refractivity contribution in [3.05, 3.63) is 155 Å². The first-order valence-corrected chi connectivity index (χ1v) is 20.8. The van der Waals surface area contributed by atoms with E-state index in [1.165, 1.54) is 44.5 Å². The van der Waals surface area contributed by atoms with Gasteiger partial charge >= 0.3 is 0 Å². The number of nitrogens with zero attached hydrogens (tertiary/aromatic N) is 4. The molecule has 272 valence electrons. The van der Waals surface area contributed by atoms with Crippen LogP contribution in [-0.4, -0.2) is 40.6 Å². The SMILES string of the molecule is CC1(C)N=C(c2cncc(-c3ccc4c(c3)C3(c5ccccc5-c5ccccc53)c3cc(-c5cncc(C6=NC(C)(C)C(C)(C)S6)c5)ccc3-4)c2)SC1(C)C. The molecule has 4 aliphatic rings. The van der Waals surface area contributed by atoms with Crippen LogP contribution in [0.3, 0.4) is 0 Å². The van der Waals surface area contributed by atoms with Crippen molar-refractivity contribution in [1.29, 1.82) is 0 Å². The van der Waals surface area contributed by atoms with E-state index in [-0.39, 0.29) is 20.6 Å². The molecule has 0 N–H and O–H groups in total. The molecular formula is C49H44N4S2. The molecule has 1 spiro atoms. The molecule has 0 amide bonds. The first-order chi connectivity index (χ1) is 26.2. The van der Waals surface area contributed by atoms with Crippen LogP contribution in [0, 0.1) is 0 Å². The predicted octanol–water partition coefficient (Wildman–Crippen LogP) is 12.3. The maximum Gasteiger partial charge on any atom is 0.101 e. The van der Waals surface area contributed by atoms with E-state index in [1.807, 2.05) is 48.3 Å². The van der Waals surface area contributed by atoms with Gasteiger partial charge in [-0.2, -0.15) is 0 Å². The Morgan fingerprint density at radius 3 is 1.16 bits per heavy atom. The molecule has 0 fully saturated rings. The maximum atomic E-state index is 5.17. The van der Waals surface area contributed by atoms with E-state index in [9.17, 15) is 0 Å². The topological polar surface area (TPSA) is 50.5 Å². The Bertz CT molecular complexity index is 2500. The lowest BCUT2D eigenvalue weighted by Gasteiger charge is -2.31. The fourth-order valence-electron chi connectivity index (χ4n) is 8.73. The molecule has 2 aromatic heterocycles. The Balaban J connectivity index is 1.15. The lowest BCUT2D eigenvalue weighted by atomic mass is 9.70. The molecule has 6 heteroatoms. The van der Waals surface area contributed by atoms with Gasteiger partial charge < -0.3 is 0 Å². The third-order valence-corrected chi connectivity index (χ3v) is 16.2. The van der Waals surface area contributed by atoms with Crippen LogP contribution in [0.15, 0.2) is 132 Å². The predicted molar refractivity (Wildman–Crippen MR) is 234 cm³/mol. The number of pyridine rings is 2. The lowest BCUT2D eigenvalue weighted by Crippen LogP contribution is -2.36. The van der Waals surface area contributed by atoms with Crippen molar-refractivity contribution in [2.75, 3.05) is 0 Å². The summed E-state index contributed by atoms with van der Waals surface area (Å²) in [7, 11) is 0. The van der Waals surface area contributed by atoms with Gasteiger partial charge in [0, 0.05) is 56.5 Å². The van der Waals surface area contributed by atoms with Crippen LogP contribution in [0.2, 0.25) is 0 Å². The minimum absolute atomic E-state index is 0.00102. The van der Waals surface area contributed by atoms with Gasteiger partial charge in [0.05, 0.1) is 16.5 Å². The van der Waals surface area contributed by atoms with Gasteiger partial charge in [-0.1, -0.05) is 96.3 Å². The number of thioether (sulfide) groups is 2. The average molecular weight is 753 g/mol. The molecule has 0 saturated carbocycles. The first kappa shape index (κ1) is 34.7. The average Bonchev–Trinajstić information content (AvgIpc) is 3.79. The van der Waals surface area contributed by atoms with Crippen LogP contribution < -0.4 is 0 Å². The van der Waals surface area contributed by atoms with E-state index in [2.05, 4.69) is 152 Å².